The van der Waals surface area contributed by atoms with Gasteiger partial charge in [0.15, 0.2) is 5.75 Å². The molecule has 0 aromatic heterocycles. The van der Waals surface area contributed by atoms with Crippen molar-refractivity contribution in [2.24, 2.45) is 0 Å². The molecule has 1 atom stereocenters. The third kappa shape index (κ3) is 4.24. The Kier molecular flexibility index (Phi) is 5.48. The maximum Gasteiger partial charge on any atom is 0.387 e. The van der Waals surface area contributed by atoms with Crippen molar-refractivity contribution in [1.82, 2.24) is 0 Å². The molecule has 2 rings (SSSR count). The van der Waals surface area contributed by atoms with Crippen molar-refractivity contribution in [3.05, 3.63) is 34.0 Å². The molecule has 7 heteroatoms. The number of alkyl halides is 2. The fraction of sp³-hybridized carbons (Fsp3) is 0.385. The number of nitrogens with one attached hydrogen (secondary N) is 1. The van der Waals surface area contributed by atoms with Gasteiger partial charge in [-0.1, -0.05) is 11.6 Å². The second-order valence-corrected chi connectivity index (χ2v) is 5.52. The summed E-state index contributed by atoms with van der Waals surface area (Å²) in [6.07, 6.45) is 5.40. The number of allylic oxidation sites excluding steroid dienone is 1. The Balaban J connectivity index is 2.10. The molecule has 0 fully saturated rings. The summed E-state index contributed by atoms with van der Waals surface area (Å²) in [5, 5.41) is 3.46. The van der Waals surface area contributed by atoms with Gasteiger partial charge in [0.25, 0.3) is 0 Å². The number of rotatable bonds is 5. The molecule has 0 saturated heterocycles. The Labute approximate surface area is 129 Å². The van der Waals surface area contributed by atoms with Gasteiger partial charge in [-0.3, -0.25) is 0 Å². The summed E-state index contributed by atoms with van der Waals surface area (Å²) in [5.41, 5.74) is 0.405. The van der Waals surface area contributed by atoms with Crippen LogP contribution in [-0.4, -0.2) is 19.3 Å². The molecule has 0 bridgehead atoms. The second kappa shape index (κ2) is 7.13. The fourth-order valence-corrected chi connectivity index (χ4v) is 2.76. The van der Waals surface area contributed by atoms with Crippen LogP contribution in [0.25, 0.3) is 0 Å². The Morgan fingerprint density at radius 1 is 1.50 bits per heavy atom. The van der Waals surface area contributed by atoms with Crippen LogP contribution in [0, 0.1) is 0 Å². The number of ether oxygens (including phenoxy) is 2. The number of hydrogen-bond donors (Lipinski definition) is 1. The lowest BCUT2D eigenvalue weighted by Gasteiger charge is -2.21. The minimum atomic E-state index is -2.90. The van der Waals surface area contributed by atoms with Crippen molar-refractivity contribution in [2.45, 2.75) is 25.6 Å². The van der Waals surface area contributed by atoms with Gasteiger partial charge in [0, 0.05) is 5.02 Å². The van der Waals surface area contributed by atoms with Crippen LogP contribution in [0.15, 0.2) is 28.9 Å². The standard InChI is InChI=1S/C13H13BrClF2NO2/c14-10-5-8(15)6-11(12(10)20-13(16)17)18-7-9-3-1-2-4-19-9/h2,4-6,9,13,18H,1,3,7H2. The van der Waals surface area contributed by atoms with E-state index in [9.17, 15) is 8.78 Å². The third-order valence-corrected chi connectivity index (χ3v) is 3.57. The first-order valence-electron chi connectivity index (χ1n) is 6.04. The van der Waals surface area contributed by atoms with Gasteiger partial charge in [-0.25, -0.2) is 0 Å². The molecule has 0 radical (unpaired) electrons. The van der Waals surface area contributed by atoms with E-state index in [-0.39, 0.29) is 11.9 Å². The third-order valence-electron chi connectivity index (χ3n) is 2.76. The lowest BCUT2D eigenvalue weighted by Crippen LogP contribution is -2.23. The van der Waals surface area contributed by atoms with Gasteiger partial charge in [-0.05, 0) is 47.0 Å². The van der Waals surface area contributed by atoms with Gasteiger partial charge < -0.3 is 14.8 Å². The van der Waals surface area contributed by atoms with E-state index in [0.29, 0.717) is 21.7 Å². The first-order valence-corrected chi connectivity index (χ1v) is 7.21. The zero-order valence-electron chi connectivity index (χ0n) is 10.4. The minimum Gasteiger partial charge on any atom is -0.497 e. The normalized spacial score (nSPS) is 17.9. The highest BCUT2D eigenvalue weighted by atomic mass is 79.9. The van der Waals surface area contributed by atoms with E-state index in [1.165, 1.54) is 6.07 Å². The number of halogens is 4. The lowest BCUT2D eigenvalue weighted by atomic mass is 10.1. The zero-order valence-corrected chi connectivity index (χ0v) is 12.8. The van der Waals surface area contributed by atoms with Crippen LogP contribution in [0.2, 0.25) is 5.02 Å². The van der Waals surface area contributed by atoms with Gasteiger partial charge in [0.05, 0.1) is 23.0 Å². The van der Waals surface area contributed by atoms with Crippen molar-refractivity contribution < 1.29 is 18.3 Å². The Morgan fingerprint density at radius 3 is 2.95 bits per heavy atom. The summed E-state index contributed by atoms with van der Waals surface area (Å²) in [5.74, 6) is 0.0377. The molecule has 20 heavy (non-hydrogen) atoms. The molecule has 110 valence electrons. The molecular formula is C13H13BrClF2NO2. The van der Waals surface area contributed by atoms with Gasteiger partial charge in [-0.2, -0.15) is 8.78 Å². The molecule has 0 aliphatic carbocycles. The SMILES string of the molecule is FC(F)Oc1c(Br)cc(Cl)cc1NCC1CCC=CO1. The maximum absolute atomic E-state index is 12.4. The smallest absolute Gasteiger partial charge is 0.387 e. The Morgan fingerprint density at radius 2 is 2.30 bits per heavy atom. The average Bonchev–Trinajstić information content (AvgIpc) is 2.40. The van der Waals surface area contributed by atoms with Crippen LogP contribution in [0.4, 0.5) is 14.5 Å². The summed E-state index contributed by atoms with van der Waals surface area (Å²) in [6, 6.07) is 3.05. The van der Waals surface area contributed by atoms with Crippen molar-refractivity contribution >= 4 is 33.2 Å². The fourth-order valence-electron chi connectivity index (χ4n) is 1.86. The molecule has 1 N–H and O–H groups in total. The summed E-state index contributed by atoms with van der Waals surface area (Å²) in [6.45, 7) is -2.42. The average molecular weight is 369 g/mol. The quantitative estimate of drug-likeness (QED) is 0.809. The predicted octanol–water partition coefficient (Wildman–Crippen LogP) is 4.81. The molecule has 0 saturated carbocycles. The topological polar surface area (TPSA) is 30.5 Å². The molecule has 1 aliphatic heterocycles. The van der Waals surface area contributed by atoms with Crippen LogP contribution < -0.4 is 10.1 Å². The highest BCUT2D eigenvalue weighted by molar-refractivity contribution is 9.10. The van der Waals surface area contributed by atoms with Gasteiger partial charge in [-0.15, -0.1) is 0 Å². The molecule has 1 unspecified atom stereocenters. The summed E-state index contributed by atoms with van der Waals surface area (Å²) < 4.78 is 35.2. The van der Waals surface area contributed by atoms with Crippen LogP contribution in [0.1, 0.15) is 12.8 Å². The highest BCUT2D eigenvalue weighted by Gasteiger charge is 2.17. The summed E-state index contributed by atoms with van der Waals surface area (Å²) >= 11 is 9.09. The van der Waals surface area contributed by atoms with Crippen LogP contribution >= 0.6 is 27.5 Å². The predicted molar refractivity (Wildman–Crippen MR) is 77.5 cm³/mol. The van der Waals surface area contributed by atoms with E-state index in [1.54, 1.807) is 12.3 Å². The largest absolute Gasteiger partial charge is 0.497 e. The minimum absolute atomic E-state index is 0.00263. The van der Waals surface area contributed by atoms with Gasteiger partial charge >= 0.3 is 6.61 Å². The first kappa shape index (κ1) is 15.4. The monoisotopic (exact) mass is 367 g/mol. The van der Waals surface area contributed by atoms with E-state index in [0.717, 1.165) is 12.8 Å². The maximum atomic E-state index is 12.4. The van der Waals surface area contributed by atoms with E-state index in [4.69, 9.17) is 16.3 Å². The van der Waals surface area contributed by atoms with E-state index in [2.05, 4.69) is 26.0 Å². The molecular weight excluding hydrogens is 356 g/mol. The van der Waals surface area contributed by atoms with Crippen LogP contribution in [-0.2, 0) is 4.74 Å². The lowest BCUT2D eigenvalue weighted by molar-refractivity contribution is -0.0498. The van der Waals surface area contributed by atoms with Gasteiger partial charge in [0.1, 0.15) is 6.10 Å². The number of anilines is 1. The summed E-state index contributed by atoms with van der Waals surface area (Å²) in [4.78, 5) is 0. The zero-order chi connectivity index (χ0) is 14.5. The molecule has 3 nitrogen and oxygen atoms in total. The molecule has 1 aromatic carbocycles. The number of benzene rings is 1. The van der Waals surface area contributed by atoms with Crippen LogP contribution in [0.3, 0.4) is 0 Å². The van der Waals surface area contributed by atoms with E-state index >= 15 is 0 Å². The van der Waals surface area contributed by atoms with Crippen molar-refractivity contribution in [2.75, 3.05) is 11.9 Å². The van der Waals surface area contributed by atoms with Crippen molar-refractivity contribution in [1.29, 1.82) is 0 Å². The van der Waals surface area contributed by atoms with Crippen LogP contribution in [0.5, 0.6) is 5.75 Å². The van der Waals surface area contributed by atoms with E-state index < -0.39 is 6.61 Å². The molecule has 1 heterocycles. The van der Waals surface area contributed by atoms with Gasteiger partial charge in [0.2, 0.25) is 0 Å². The molecule has 0 amide bonds. The second-order valence-electron chi connectivity index (χ2n) is 4.23. The number of hydrogen-bond acceptors (Lipinski definition) is 3. The Bertz CT molecular complexity index is 500. The Hall–Kier alpha value is -1.01. The molecule has 0 spiro atoms. The molecule has 1 aliphatic rings. The van der Waals surface area contributed by atoms with Crippen molar-refractivity contribution in [3.63, 3.8) is 0 Å². The summed E-state index contributed by atoms with van der Waals surface area (Å²) in [7, 11) is 0. The highest BCUT2D eigenvalue weighted by Crippen LogP contribution is 2.37. The van der Waals surface area contributed by atoms with E-state index in [1.807, 2.05) is 6.08 Å². The van der Waals surface area contributed by atoms with Crippen molar-refractivity contribution in [3.8, 4) is 5.75 Å². The molecule has 1 aromatic rings. The first-order chi connectivity index (χ1) is 9.56.